The van der Waals surface area contributed by atoms with E-state index in [9.17, 15) is 14.7 Å². The third kappa shape index (κ3) is 6.64. The number of carboxylic acid groups (broad SMARTS) is 1. The Morgan fingerprint density at radius 3 is 2.23 bits per heavy atom. The first kappa shape index (κ1) is 18.7. The van der Waals surface area contributed by atoms with Crippen molar-refractivity contribution in [2.45, 2.75) is 70.9 Å². The van der Waals surface area contributed by atoms with Crippen LogP contribution in [0.25, 0.3) is 0 Å². The summed E-state index contributed by atoms with van der Waals surface area (Å²) in [5.41, 5.74) is -1.94. The van der Waals surface area contributed by atoms with Gasteiger partial charge in [-0.1, -0.05) is 6.42 Å². The van der Waals surface area contributed by atoms with Gasteiger partial charge in [0.25, 0.3) is 0 Å². The van der Waals surface area contributed by atoms with Crippen LogP contribution in [0, 0.1) is 0 Å². The van der Waals surface area contributed by atoms with E-state index in [4.69, 9.17) is 4.74 Å². The van der Waals surface area contributed by atoms with E-state index in [0.29, 0.717) is 6.42 Å². The fraction of sp³-hybridized carbons (Fsp3) is 0.875. The van der Waals surface area contributed by atoms with Crippen molar-refractivity contribution in [3.8, 4) is 0 Å². The van der Waals surface area contributed by atoms with Crippen LogP contribution >= 0.6 is 0 Å². The van der Waals surface area contributed by atoms with Gasteiger partial charge in [0.05, 0.1) is 0 Å². The van der Waals surface area contributed by atoms with Crippen LogP contribution in [0.15, 0.2) is 0 Å². The molecule has 128 valence electrons. The molecule has 0 aromatic heterocycles. The molecule has 0 aliphatic carbocycles. The lowest BCUT2D eigenvalue weighted by Crippen LogP contribution is -2.53. The van der Waals surface area contributed by atoms with Crippen molar-refractivity contribution >= 4 is 12.1 Å². The second kappa shape index (κ2) is 7.81. The molecule has 1 atom stereocenters. The molecule has 0 radical (unpaired) electrons. The molecular weight excluding hydrogens is 284 g/mol. The van der Waals surface area contributed by atoms with E-state index >= 15 is 0 Å². The van der Waals surface area contributed by atoms with Gasteiger partial charge < -0.3 is 20.1 Å². The number of alkyl carbamates (subject to hydrolysis) is 1. The number of piperidine rings is 1. The van der Waals surface area contributed by atoms with Crippen LogP contribution in [0.5, 0.6) is 0 Å². The van der Waals surface area contributed by atoms with Crippen LogP contribution in [0.4, 0.5) is 4.79 Å². The zero-order valence-corrected chi connectivity index (χ0v) is 14.3. The summed E-state index contributed by atoms with van der Waals surface area (Å²) in [6, 6.07) is 0. The first-order chi connectivity index (χ1) is 10.1. The number of rotatable bonds is 6. The van der Waals surface area contributed by atoms with Crippen molar-refractivity contribution in [2.24, 2.45) is 0 Å². The lowest BCUT2D eigenvalue weighted by molar-refractivity contribution is -0.144. The van der Waals surface area contributed by atoms with E-state index in [1.54, 1.807) is 20.8 Å². The second-order valence-corrected chi connectivity index (χ2v) is 7.27. The summed E-state index contributed by atoms with van der Waals surface area (Å²) in [6.07, 6.45) is 4.15. The largest absolute Gasteiger partial charge is 0.480 e. The van der Waals surface area contributed by atoms with Crippen molar-refractivity contribution in [2.75, 3.05) is 19.6 Å². The first-order valence-electron chi connectivity index (χ1n) is 8.09. The first-order valence-corrected chi connectivity index (χ1v) is 8.09. The van der Waals surface area contributed by atoms with Crippen LogP contribution in [-0.2, 0) is 9.53 Å². The smallest absolute Gasteiger partial charge is 0.408 e. The topological polar surface area (TPSA) is 78.9 Å². The number of hydrogen-bond acceptors (Lipinski definition) is 4. The van der Waals surface area contributed by atoms with E-state index in [1.807, 2.05) is 0 Å². The van der Waals surface area contributed by atoms with Gasteiger partial charge in [-0.3, -0.25) is 0 Å². The quantitative estimate of drug-likeness (QED) is 0.788. The molecule has 0 spiro atoms. The van der Waals surface area contributed by atoms with Crippen LogP contribution in [0.1, 0.15) is 59.8 Å². The molecule has 1 aliphatic heterocycles. The van der Waals surface area contributed by atoms with E-state index < -0.39 is 23.2 Å². The third-order valence-corrected chi connectivity index (χ3v) is 3.85. The predicted octanol–water partition coefficient (Wildman–Crippen LogP) is 2.62. The molecule has 0 unspecified atom stereocenters. The average Bonchev–Trinajstić information content (AvgIpc) is 2.37. The maximum Gasteiger partial charge on any atom is 0.408 e. The van der Waals surface area contributed by atoms with Gasteiger partial charge in [0.2, 0.25) is 0 Å². The fourth-order valence-electron chi connectivity index (χ4n) is 2.59. The minimum atomic E-state index is -1.29. The highest BCUT2D eigenvalue weighted by molar-refractivity contribution is 5.83. The summed E-state index contributed by atoms with van der Waals surface area (Å²) in [5, 5.41) is 11.9. The number of ether oxygens (including phenoxy) is 1. The Hall–Kier alpha value is -1.30. The molecular formula is C16H30N2O4. The summed E-state index contributed by atoms with van der Waals surface area (Å²) in [6.45, 7) is 9.84. The number of likely N-dealkylation sites (tertiary alicyclic amines) is 1. The van der Waals surface area contributed by atoms with Gasteiger partial charge in [0.1, 0.15) is 11.1 Å². The summed E-state index contributed by atoms with van der Waals surface area (Å²) >= 11 is 0. The monoisotopic (exact) mass is 314 g/mol. The molecule has 22 heavy (non-hydrogen) atoms. The maximum absolute atomic E-state index is 11.8. The molecule has 0 bridgehead atoms. The molecule has 1 aliphatic rings. The molecule has 6 nitrogen and oxygen atoms in total. The highest BCUT2D eigenvalue weighted by Crippen LogP contribution is 2.17. The second-order valence-electron chi connectivity index (χ2n) is 7.27. The summed E-state index contributed by atoms with van der Waals surface area (Å²) in [7, 11) is 0. The van der Waals surface area contributed by atoms with E-state index in [0.717, 1.165) is 26.1 Å². The zero-order chi connectivity index (χ0) is 16.8. The van der Waals surface area contributed by atoms with Crippen molar-refractivity contribution in [3.63, 3.8) is 0 Å². The number of aliphatic carboxylic acids is 1. The van der Waals surface area contributed by atoms with Crippen LogP contribution in [0.3, 0.4) is 0 Å². The van der Waals surface area contributed by atoms with Gasteiger partial charge in [-0.05, 0) is 73.0 Å². The number of carboxylic acids is 1. The standard InChI is InChI=1S/C16H30N2O4/c1-15(2,3)22-14(21)17-16(4,13(19)20)9-8-12-18-10-6-5-7-11-18/h5-12H2,1-4H3,(H,17,21)(H,19,20)/t16-/m0/s1. The Morgan fingerprint density at radius 1 is 1.14 bits per heavy atom. The fourth-order valence-corrected chi connectivity index (χ4v) is 2.59. The van der Waals surface area contributed by atoms with Crippen LogP contribution in [0.2, 0.25) is 0 Å². The minimum Gasteiger partial charge on any atom is -0.480 e. The minimum absolute atomic E-state index is 0.387. The van der Waals surface area contributed by atoms with Gasteiger partial charge >= 0.3 is 12.1 Å². The van der Waals surface area contributed by atoms with Crippen LogP contribution in [-0.4, -0.2) is 52.8 Å². The molecule has 6 heteroatoms. The normalized spacial score (nSPS) is 19.3. The lowest BCUT2D eigenvalue weighted by Gasteiger charge is -2.30. The Kier molecular flexibility index (Phi) is 6.66. The van der Waals surface area contributed by atoms with Gasteiger partial charge in [-0.15, -0.1) is 0 Å². The Bertz CT molecular complexity index is 386. The molecule has 0 aromatic rings. The Labute approximate surface area is 133 Å². The molecule has 1 amide bonds. The molecule has 1 heterocycles. The predicted molar refractivity (Wildman–Crippen MR) is 84.9 cm³/mol. The lowest BCUT2D eigenvalue weighted by atomic mass is 9.95. The number of carbonyl (C=O) groups is 2. The Balaban J connectivity index is 2.47. The van der Waals surface area contributed by atoms with Gasteiger partial charge in [-0.25, -0.2) is 9.59 Å². The van der Waals surface area contributed by atoms with Crippen molar-refractivity contribution in [1.82, 2.24) is 10.2 Å². The maximum atomic E-state index is 11.8. The summed E-state index contributed by atoms with van der Waals surface area (Å²) < 4.78 is 5.16. The molecule has 1 rings (SSSR count). The third-order valence-electron chi connectivity index (χ3n) is 3.85. The highest BCUT2D eigenvalue weighted by atomic mass is 16.6. The van der Waals surface area contributed by atoms with Crippen molar-refractivity contribution < 1.29 is 19.4 Å². The highest BCUT2D eigenvalue weighted by Gasteiger charge is 2.36. The van der Waals surface area contributed by atoms with Crippen molar-refractivity contribution in [3.05, 3.63) is 0 Å². The summed E-state index contributed by atoms with van der Waals surface area (Å²) in [4.78, 5) is 25.7. The number of amides is 1. The molecule has 0 saturated carbocycles. The number of carbonyl (C=O) groups excluding carboxylic acids is 1. The molecule has 2 N–H and O–H groups in total. The van der Waals surface area contributed by atoms with E-state index in [-0.39, 0.29) is 0 Å². The number of nitrogens with one attached hydrogen (secondary N) is 1. The average molecular weight is 314 g/mol. The SMILES string of the molecule is CC(C)(C)OC(=O)N[C@@](C)(CCCN1CCCCC1)C(=O)O. The zero-order valence-electron chi connectivity index (χ0n) is 14.3. The van der Waals surface area contributed by atoms with Gasteiger partial charge in [0, 0.05) is 0 Å². The number of nitrogens with zero attached hydrogens (tertiary/aromatic N) is 1. The molecule has 1 saturated heterocycles. The van der Waals surface area contributed by atoms with E-state index in [2.05, 4.69) is 10.2 Å². The van der Waals surface area contributed by atoms with E-state index in [1.165, 1.54) is 26.2 Å². The van der Waals surface area contributed by atoms with Gasteiger partial charge in [-0.2, -0.15) is 0 Å². The molecule has 1 fully saturated rings. The number of hydrogen-bond donors (Lipinski definition) is 2. The summed E-state index contributed by atoms with van der Waals surface area (Å²) in [5.74, 6) is -1.03. The van der Waals surface area contributed by atoms with Gasteiger partial charge in [0.15, 0.2) is 0 Å². The van der Waals surface area contributed by atoms with Crippen LogP contribution < -0.4 is 5.32 Å². The molecule has 0 aromatic carbocycles. The van der Waals surface area contributed by atoms with Crippen molar-refractivity contribution in [1.29, 1.82) is 0 Å². The Morgan fingerprint density at radius 2 is 1.73 bits per heavy atom.